The summed E-state index contributed by atoms with van der Waals surface area (Å²) in [6.07, 6.45) is 0. The smallest absolute Gasteiger partial charge is 0.275 e. The van der Waals surface area contributed by atoms with Gasteiger partial charge in [0, 0.05) is 12.7 Å². The fourth-order valence-corrected chi connectivity index (χ4v) is 2.46. The van der Waals surface area contributed by atoms with Crippen LogP contribution in [0.2, 0.25) is 0 Å². The van der Waals surface area contributed by atoms with Gasteiger partial charge in [-0.15, -0.1) is 0 Å². The van der Waals surface area contributed by atoms with Crippen molar-refractivity contribution in [2.45, 2.75) is 13.5 Å². The van der Waals surface area contributed by atoms with E-state index < -0.39 is 0 Å². The van der Waals surface area contributed by atoms with E-state index in [0.717, 1.165) is 22.6 Å². The Kier molecular flexibility index (Phi) is 3.50. The molecule has 2 heterocycles. The Balaban J connectivity index is 1.80. The van der Waals surface area contributed by atoms with Crippen molar-refractivity contribution in [1.29, 1.82) is 0 Å². The van der Waals surface area contributed by atoms with Crippen LogP contribution in [0.3, 0.4) is 0 Å². The maximum atomic E-state index is 12.4. The topological polar surface area (TPSA) is 77.7 Å². The van der Waals surface area contributed by atoms with Gasteiger partial charge < -0.3 is 9.88 Å². The molecule has 0 aliphatic carbocycles. The maximum absolute atomic E-state index is 12.4. The van der Waals surface area contributed by atoms with Crippen molar-refractivity contribution in [1.82, 2.24) is 25.1 Å². The number of nitrogens with one attached hydrogen (secondary N) is 2. The number of fused-ring (bicyclic) bond motifs is 1. The number of aromatic nitrogens is 4. The van der Waals surface area contributed by atoms with E-state index in [2.05, 4.69) is 36.1 Å². The number of hydrogen-bond donors (Lipinski definition) is 2. The first-order valence-corrected chi connectivity index (χ1v) is 7.25. The molecule has 0 fully saturated rings. The summed E-state index contributed by atoms with van der Waals surface area (Å²) >= 11 is 3.37. The summed E-state index contributed by atoms with van der Waals surface area (Å²) in [5.41, 5.74) is 3.07. The van der Waals surface area contributed by atoms with E-state index in [4.69, 9.17) is 0 Å². The van der Waals surface area contributed by atoms with E-state index in [9.17, 15) is 4.79 Å². The van der Waals surface area contributed by atoms with Crippen LogP contribution < -0.4 is 0 Å². The Hall–Kier alpha value is -2.15. The lowest BCUT2D eigenvalue weighted by Crippen LogP contribution is -2.27. The van der Waals surface area contributed by atoms with Crippen LogP contribution in [-0.2, 0) is 6.54 Å². The molecule has 0 aliphatic heterocycles. The van der Waals surface area contributed by atoms with Crippen LogP contribution in [0.4, 0.5) is 0 Å². The Morgan fingerprint density at radius 1 is 1.38 bits per heavy atom. The van der Waals surface area contributed by atoms with Gasteiger partial charge in [-0.05, 0) is 35.0 Å². The Labute approximate surface area is 129 Å². The summed E-state index contributed by atoms with van der Waals surface area (Å²) in [5.74, 6) is 0.585. The molecule has 0 atom stereocenters. The number of benzene rings is 1. The van der Waals surface area contributed by atoms with Gasteiger partial charge in [0.15, 0.2) is 5.69 Å². The molecular weight excluding hydrogens is 334 g/mol. The number of carbonyl (C=O) groups is 1. The molecule has 0 aliphatic rings. The standard InChI is InChI=1S/C14H14BrN5O/c1-8-12(15)13(19-18-8)14(21)20(2)7-11-16-9-5-3-4-6-10(9)17-11/h3-6H,7H2,1-2H3,(H,16,17)(H,18,19). The van der Waals surface area contributed by atoms with Crippen LogP contribution in [0.15, 0.2) is 28.7 Å². The molecule has 0 unspecified atom stereocenters. The highest BCUT2D eigenvalue weighted by atomic mass is 79.9. The van der Waals surface area contributed by atoms with Crippen molar-refractivity contribution in [3.05, 3.63) is 46.0 Å². The lowest BCUT2D eigenvalue weighted by molar-refractivity contribution is 0.0775. The Bertz CT molecular complexity index is 774. The minimum Gasteiger partial charge on any atom is -0.340 e. The van der Waals surface area contributed by atoms with Gasteiger partial charge in [0.05, 0.1) is 22.1 Å². The molecule has 2 aromatic heterocycles. The fraction of sp³-hybridized carbons (Fsp3) is 0.214. The van der Waals surface area contributed by atoms with E-state index in [-0.39, 0.29) is 5.91 Å². The number of nitrogens with zero attached hydrogens (tertiary/aromatic N) is 3. The van der Waals surface area contributed by atoms with E-state index >= 15 is 0 Å². The normalized spacial score (nSPS) is 11.0. The van der Waals surface area contributed by atoms with Crippen molar-refractivity contribution in [2.24, 2.45) is 0 Å². The molecule has 0 bridgehead atoms. The van der Waals surface area contributed by atoms with E-state index in [1.165, 1.54) is 0 Å². The molecular formula is C14H14BrN5O. The van der Waals surface area contributed by atoms with Crippen LogP contribution in [0, 0.1) is 6.92 Å². The van der Waals surface area contributed by atoms with Crippen molar-refractivity contribution in [2.75, 3.05) is 7.05 Å². The van der Waals surface area contributed by atoms with Crippen LogP contribution in [-0.4, -0.2) is 38.0 Å². The van der Waals surface area contributed by atoms with Crippen molar-refractivity contribution in [3.8, 4) is 0 Å². The van der Waals surface area contributed by atoms with Gasteiger partial charge in [0.1, 0.15) is 5.82 Å². The summed E-state index contributed by atoms with van der Waals surface area (Å²) < 4.78 is 0.698. The van der Waals surface area contributed by atoms with Crippen LogP contribution >= 0.6 is 15.9 Å². The fourth-order valence-electron chi connectivity index (χ4n) is 2.11. The highest BCUT2D eigenvalue weighted by Gasteiger charge is 2.20. The lowest BCUT2D eigenvalue weighted by Gasteiger charge is -2.14. The number of carbonyl (C=O) groups excluding carboxylic acids is 1. The van der Waals surface area contributed by atoms with Crippen LogP contribution in [0.1, 0.15) is 22.0 Å². The van der Waals surface area contributed by atoms with Gasteiger partial charge in [-0.3, -0.25) is 9.89 Å². The second-order valence-electron chi connectivity index (χ2n) is 4.87. The van der Waals surface area contributed by atoms with Crippen molar-refractivity contribution in [3.63, 3.8) is 0 Å². The van der Waals surface area contributed by atoms with E-state index in [1.54, 1.807) is 11.9 Å². The number of imidazole rings is 1. The molecule has 0 radical (unpaired) electrons. The van der Waals surface area contributed by atoms with Gasteiger partial charge in [0.25, 0.3) is 5.91 Å². The highest BCUT2D eigenvalue weighted by molar-refractivity contribution is 9.10. The zero-order valence-electron chi connectivity index (χ0n) is 11.6. The summed E-state index contributed by atoms with van der Waals surface area (Å²) in [5, 5.41) is 6.82. The summed E-state index contributed by atoms with van der Waals surface area (Å²) in [4.78, 5) is 21.6. The van der Waals surface area contributed by atoms with Gasteiger partial charge >= 0.3 is 0 Å². The first kappa shape index (κ1) is 13.8. The summed E-state index contributed by atoms with van der Waals surface area (Å²) in [6, 6.07) is 7.78. The predicted octanol–water partition coefficient (Wildman–Crippen LogP) is 2.63. The molecule has 3 aromatic rings. The lowest BCUT2D eigenvalue weighted by atomic mass is 10.3. The second kappa shape index (κ2) is 5.33. The summed E-state index contributed by atoms with van der Waals surface area (Å²) in [6.45, 7) is 2.25. The van der Waals surface area contributed by atoms with Gasteiger partial charge in [-0.25, -0.2) is 4.98 Å². The largest absolute Gasteiger partial charge is 0.340 e. The van der Waals surface area contributed by atoms with Crippen LogP contribution in [0.25, 0.3) is 11.0 Å². The molecule has 7 heteroatoms. The first-order chi connectivity index (χ1) is 10.1. The third-order valence-corrected chi connectivity index (χ3v) is 4.22. The maximum Gasteiger partial charge on any atom is 0.275 e. The molecule has 0 spiro atoms. The van der Waals surface area contributed by atoms with Crippen molar-refractivity contribution < 1.29 is 4.79 Å². The Morgan fingerprint density at radius 3 is 2.81 bits per heavy atom. The molecule has 0 saturated carbocycles. The molecule has 0 saturated heterocycles. The summed E-state index contributed by atoms with van der Waals surface area (Å²) in [7, 11) is 1.73. The molecule has 108 valence electrons. The highest BCUT2D eigenvalue weighted by Crippen LogP contribution is 2.20. The number of rotatable bonds is 3. The number of H-pyrrole nitrogens is 2. The van der Waals surface area contributed by atoms with E-state index in [1.807, 2.05) is 31.2 Å². The molecule has 1 amide bonds. The Morgan fingerprint density at radius 2 is 2.14 bits per heavy atom. The van der Waals surface area contributed by atoms with E-state index in [0.29, 0.717) is 16.7 Å². The first-order valence-electron chi connectivity index (χ1n) is 6.46. The second-order valence-corrected chi connectivity index (χ2v) is 5.67. The average molecular weight is 348 g/mol. The average Bonchev–Trinajstić information content (AvgIpc) is 3.02. The minimum absolute atomic E-state index is 0.160. The molecule has 6 nitrogen and oxygen atoms in total. The van der Waals surface area contributed by atoms with Gasteiger partial charge in [-0.1, -0.05) is 12.1 Å². The zero-order valence-corrected chi connectivity index (χ0v) is 13.2. The predicted molar refractivity (Wildman–Crippen MR) is 82.9 cm³/mol. The third-order valence-electron chi connectivity index (χ3n) is 3.25. The van der Waals surface area contributed by atoms with Gasteiger partial charge in [-0.2, -0.15) is 5.10 Å². The molecule has 1 aromatic carbocycles. The molecule has 3 rings (SSSR count). The number of para-hydroxylation sites is 2. The number of halogens is 1. The van der Waals surface area contributed by atoms with Gasteiger partial charge in [0.2, 0.25) is 0 Å². The number of amides is 1. The SMILES string of the molecule is Cc1[nH]nc(C(=O)N(C)Cc2nc3ccccc3[nH]2)c1Br. The van der Waals surface area contributed by atoms with Crippen molar-refractivity contribution >= 4 is 32.9 Å². The number of aromatic amines is 2. The number of hydrogen-bond acceptors (Lipinski definition) is 3. The van der Waals surface area contributed by atoms with Crippen LogP contribution in [0.5, 0.6) is 0 Å². The third kappa shape index (κ3) is 2.56. The molecule has 2 N–H and O–H groups in total. The quantitative estimate of drug-likeness (QED) is 0.764. The molecule has 21 heavy (non-hydrogen) atoms. The monoisotopic (exact) mass is 347 g/mol. The number of aryl methyl sites for hydroxylation is 1. The minimum atomic E-state index is -0.160. The zero-order chi connectivity index (χ0) is 15.0.